The molecule has 0 amide bonds. The van der Waals surface area contributed by atoms with Gasteiger partial charge in [0.1, 0.15) is 0 Å². The largest absolute Gasteiger partial charge is 0.324 e. The molecule has 0 aromatic heterocycles. The minimum Gasteiger partial charge on any atom is -0.324 e. The molecule has 0 bridgehead atoms. The van der Waals surface area contributed by atoms with Gasteiger partial charge in [-0.3, -0.25) is 0 Å². The van der Waals surface area contributed by atoms with Crippen LogP contribution in [0.15, 0.2) is 48.5 Å². The Labute approximate surface area is 188 Å². The summed E-state index contributed by atoms with van der Waals surface area (Å²) in [4.78, 5) is 0. The van der Waals surface area contributed by atoms with Crippen molar-refractivity contribution >= 4 is 0 Å². The van der Waals surface area contributed by atoms with Crippen molar-refractivity contribution < 1.29 is 4.48 Å². The van der Waals surface area contributed by atoms with Crippen LogP contribution in [0.2, 0.25) is 0 Å². The predicted molar refractivity (Wildman–Crippen MR) is 133 cm³/mol. The lowest BCUT2D eigenvalue weighted by Crippen LogP contribution is -2.49. The summed E-state index contributed by atoms with van der Waals surface area (Å²) >= 11 is 0. The van der Waals surface area contributed by atoms with Gasteiger partial charge in [-0.2, -0.15) is 0 Å². The van der Waals surface area contributed by atoms with E-state index in [-0.39, 0.29) is 0 Å². The number of likely N-dealkylation sites (N-methyl/N-ethyl adjacent to an activating group) is 1. The highest BCUT2D eigenvalue weighted by Crippen LogP contribution is 2.53. The Bertz CT molecular complexity index is 1160. The molecule has 5 rings (SSSR count). The van der Waals surface area contributed by atoms with E-state index in [0.29, 0.717) is 11.8 Å². The molecule has 0 aliphatic heterocycles. The minimum atomic E-state index is 0.472. The smallest absolute Gasteiger partial charge is 0.0897 e. The number of benzene rings is 3. The third-order valence-corrected chi connectivity index (χ3v) is 8.48. The molecule has 0 saturated carbocycles. The van der Waals surface area contributed by atoms with Gasteiger partial charge in [0.05, 0.1) is 32.1 Å². The zero-order chi connectivity index (χ0) is 21.9. The Kier molecular flexibility index (Phi) is 4.86. The molecule has 2 aliphatic carbocycles. The Morgan fingerprint density at radius 3 is 1.68 bits per heavy atom. The van der Waals surface area contributed by atoms with Crippen molar-refractivity contribution in [1.29, 1.82) is 0 Å². The Balaban J connectivity index is 1.71. The lowest BCUT2D eigenvalue weighted by Gasteiger charge is -2.38. The Morgan fingerprint density at radius 2 is 1.06 bits per heavy atom. The van der Waals surface area contributed by atoms with Crippen molar-refractivity contribution in [1.82, 2.24) is 0 Å². The summed E-state index contributed by atoms with van der Waals surface area (Å²) < 4.78 is 1.18. The van der Waals surface area contributed by atoms with Crippen LogP contribution < -0.4 is 0 Å². The maximum atomic E-state index is 2.57. The molecule has 0 fully saturated rings. The molecule has 2 unspecified atom stereocenters. The lowest BCUT2D eigenvalue weighted by atomic mass is 9.91. The van der Waals surface area contributed by atoms with Crippen LogP contribution in [0.5, 0.6) is 0 Å². The van der Waals surface area contributed by atoms with Crippen molar-refractivity contribution in [3.63, 3.8) is 0 Å². The van der Waals surface area contributed by atoms with Crippen LogP contribution in [0.4, 0.5) is 0 Å². The number of quaternary nitrogens is 1. The number of nitrogens with zero attached hydrogens (tertiary/aromatic N) is 1. The Hall–Kier alpha value is -2.38. The maximum absolute atomic E-state index is 2.57. The zero-order valence-corrected chi connectivity index (χ0v) is 20.0. The second kappa shape index (κ2) is 7.35. The molecule has 160 valence electrons. The summed E-state index contributed by atoms with van der Waals surface area (Å²) in [5, 5.41) is 0. The first-order valence-electron chi connectivity index (χ1n) is 12.2. The van der Waals surface area contributed by atoms with E-state index in [1.54, 1.807) is 11.1 Å². The van der Waals surface area contributed by atoms with E-state index in [9.17, 15) is 0 Å². The van der Waals surface area contributed by atoms with E-state index in [2.05, 4.69) is 90.1 Å². The van der Waals surface area contributed by atoms with Gasteiger partial charge < -0.3 is 4.48 Å². The van der Waals surface area contributed by atoms with Gasteiger partial charge in [0.2, 0.25) is 0 Å². The third-order valence-electron chi connectivity index (χ3n) is 8.48. The summed E-state index contributed by atoms with van der Waals surface area (Å²) in [5.41, 5.74) is 14.7. The highest BCUT2D eigenvalue weighted by Gasteiger charge is 2.38. The van der Waals surface area contributed by atoms with Gasteiger partial charge in [0.15, 0.2) is 0 Å². The van der Waals surface area contributed by atoms with Crippen molar-refractivity contribution in [2.45, 2.75) is 53.4 Å². The first kappa shape index (κ1) is 20.5. The second-order valence-electron chi connectivity index (χ2n) is 9.96. The van der Waals surface area contributed by atoms with E-state index in [0.717, 1.165) is 0 Å². The normalized spacial score (nSPS) is 18.5. The molecule has 0 saturated heterocycles. The lowest BCUT2D eigenvalue weighted by molar-refractivity contribution is -0.924. The van der Waals surface area contributed by atoms with Gasteiger partial charge in [0.25, 0.3) is 0 Å². The van der Waals surface area contributed by atoms with Gasteiger partial charge in [-0.25, -0.2) is 0 Å². The van der Waals surface area contributed by atoms with Crippen LogP contribution in [0.25, 0.3) is 22.3 Å². The first-order valence-corrected chi connectivity index (χ1v) is 12.2. The molecular weight excluding hydrogens is 374 g/mol. The zero-order valence-electron chi connectivity index (χ0n) is 20.0. The highest BCUT2D eigenvalue weighted by atomic mass is 15.3. The fourth-order valence-corrected chi connectivity index (χ4v) is 6.22. The molecule has 0 radical (unpaired) electrons. The second-order valence-corrected chi connectivity index (χ2v) is 9.96. The van der Waals surface area contributed by atoms with Crippen molar-refractivity contribution in [3.05, 3.63) is 81.9 Å². The fourth-order valence-electron chi connectivity index (χ4n) is 6.22. The monoisotopic (exact) mass is 410 g/mol. The minimum absolute atomic E-state index is 0.472. The van der Waals surface area contributed by atoms with E-state index in [1.165, 1.54) is 75.2 Å². The molecule has 0 heterocycles. The van der Waals surface area contributed by atoms with Gasteiger partial charge >= 0.3 is 0 Å². The number of aryl methyl sites for hydroxylation is 2. The molecule has 3 aromatic rings. The number of rotatable bonds is 5. The summed E-state index contributed by atoms with van der Waals surface area (Å²) in [6.07, 6.45) is 0. The average Bonchev–Trinajstić information content (AvgIpc) is 3.22. The van der Waals surface area contributed by atoms with Crippen molar-refractivity contribution in [2.75, 3.05) is 26.2 Å². The van der Waals surface area contributed by atoms with E-state index in [1.807, 2.05) is 0 Å². The van der Waals surface area contributed by atoms with Gasteiger partial charge in [-0.15, -0.1) is 0 Å². The van der Waals surface area contributed by atoms with Crippen LogP contribution in [0.3, 0.4) is 0 Å². The molecule has 0 spiro atoms. The van der Waals surface area contributed by atoms with Crippen LogP contribution in [0, 0.1) is 13.8 Å². The molecule has 1 nitrogen and oxygen atoms in total. The van der Waals surface area contributed by atoms with Crippen molar-refractivity contribution in [2.24, 2.45) is 0 Å². The van der Waals surface area contributed by atoms with Crippen LogP contribution >= 0.6 is 0 Å². The van der Waals surface area contributed by atoms with E-state index < -0.39 is 0 Å². The SMILES string of the molecule is CC[N+](CC)(CC)CC1c2cc(C)ccc2-c2cc3c(cc21)-c1ccc(C)cc1C3C. The maximum Gasteiger partial charge on any atom is 0.0897 e. The first-order chi connectivity index (χ1) is 14.9. The van der Waals surface area contributed by atoms with E-state index >= 15 is 0 Å². The molecule has 2 aliphatic rings. The molecule has 2 atom stereocenters. The highest BCUT2D eigenvalue weighted by molar-refractivity contribution is 5.87. The molecule has 31 heavy (non-hydrogen) atoms. The summed E-state index contributed by atoms with van der Waals surface area (Å²) in [5.74, 6) is 0.958. The summed E-state index contributed by atoms with van der Waals surface area (Å²) in [7, 11) is 0. The topological polar surface area (TPSA) is 0 Å². The molecule has 3 aromatic carbocycles. The number of hydrogen-bond donors (Lipinski definition) is 0. The van der Waals surface area contributed by atoms with Gasteiger partial charge in [0, 0.05) is 5.92 Å². The quantitative estimate of drug-likeness (QED) is 0.384. The summed E-state index contributed by atoms with van der Waals surface area (Å²) in [6.45, 7) is 18.7. The third kappa shape index (κ3) is 3.01. The fraction of sp³-hybridized carbons (Fsp3) is 0.400. The van der Waals surface area contributed by atoms with E-state index in [4.69, 9.17) is 0 Å². The standard InChI is InChI=1S/C30H36N/c1-7-31(8-2,9-3)18-30-26-15-20(5)11-13-23(26)28-16-25-21(6)24-14-19(4)10-12-22(24)27(25)17-29(28)30/h10-17,21,30H,7-9,18H2,1-6H3/q+1. The molecular formula is C30H36N+. The van der Waals surface area contributed by atoms with Gasteiger partial charge in [-0.05, 0) is 91.3 Å². The Morgan fingerprint density at radius 1 is 0.613 bits per heavy atom. The number of hydrogen-bond acceptors (Lipinski definition) is 0. The summed E-state index contributed by atoms with van der Waals surface area (Å²) in [6, 6.07) is 19.3. The van der Waals surface area contributed by atoms with Crippen LogP contribution in [-0.4, -0.2) is 30.7 Å². The van der Waals surface area contributed by atoms with Crippen LogP contribution in [0.1, 0.15) is 72.9 Å². The molecule has 0 N–H and O–H groups in total. The molecule has 1 heteroatoms. The van der Waals surface area contributed by atoms with Gasteiger partial charge in [-0.1, -0.05) is 54.4 Å². The van der Waals surface area contributed by atoms with Crippen LogP contribution in [-0.2, 0) is 0 Å². The van der Waals surface area contributed by atoms with Crippen molar-refractivity contribution in [3.8, 4) is 22.3 Å². The predicted octanol–water partition coefficient (Wildman–Crippen LogP) is 7.42. The number of fused-ring (bicyclic) bond motifs is 6. The average molecular weight is 411 g/mol.